The van der Waals surface area contributed by atoms with Crippen LogP contribution in [0.15, 0.2) is 18.2 Å². The first kappa shape index (κ1) is 16.1. The summed E-state index contributed by atoms with van der Waals surface area (Å²) in [4.78, 5) is 11.2. The molecule has 5 heteroatoms. The molecule has 1 aromatic carbocycles. The molecule has 0 saturated carbocycles. The molecule has 0 fully saturated rings. The van der Waals surface area contributed by atoms with Crippen LogP contribution in [-0.2, 0) is 4.79 Å². The third-order valence-corrected chi connectivity index (χ3v) is 3.29. The maximum Gasteiger partial charge on any atom is 0.344 e. The van der Waals surface area contributed by atoms with E-state index in [0.717, 1.165) is 25.7 Å². The van der Waals surface area contributed by atoms with Crippen molar-refractivity contribution in [3.05, 3.63) is 28.2 Å². The van der Waals surface area contributed by atoms with E-state index in [2.05, 4.69) is 6.92 Å². The van der Waals surface area contributed by atoms with Crippen molar-refractivity contribution >= 4 is 29.2 Å². The third kappa shape index (κ3) is 5.70. The summed E-state index contributed by atoms with van der Waals surface area (Å²) in [7, 11) is 0. The van der Waals surface area contributed by atoms with Gasteiger partial charge in [-0.1, -0.05) is 49.4 Å². The van der Waals surface area contributed by atoms with Gasteiger partial charge in [0.05, 0.1) is 5.02 Å². The molecule has 106 valence electrons. The predicted octanol–water partition coefficient (Wildman–Crippen LogP) is 4.80. The minimum atomic E-state index is -0.970. The number of hydrogen-bond donors (Lipinski definition) is 1. The Morgan fingerprint density at radius 3 is 2.63 bits per heavy atom. The smallest absolute Gasteiger partial charge is 0.344 e. The Bertz CT molecular complexity index is 421. The number of carboxylic acids is 1. The predicted molar refractivity (Wildman–Crippen MR) is 77.3 cm³/mol. The van der Waals surface area contributed by atoms with Gasteiger partial charge in [-0.2, -0.15) is 0 Å². The van der Waals surface area contributed by atoms with E-state index in [1.165, 1.54) is 6.07 Å². The first-order valence-corrected chi connectivity index (χ1v) is 7.14. The van der Waals surface area contributed by atoms with Gasteiger partial charge < -0.3 is 9.84 Å². The Kier molecular flexibility index (Phi) is 7.03. The van der Waals surface area contributed by atoms with Crippen LogP contribution in [0.25, 0.3) is 0 Å². The normalized spacial score (nSPS) is 12.2. The van der Waals surface area contributed by atoms with Gasteiger partial charge >= 0.3 is 5.97 Å². The molecule has 0 bridgehead atoms. The standard InChI is InChI=1S/C14H18Cl2O3/c1-2-3-4-5-6-13(14(17)18)19-12-8-7-10(15)9-11(12)16/h7-9,13H,2-6H2,1H3,(H,17,18). The molecule has 1 aromatic rings. The topological polar surface area (TPSA) is 46.5 Å². The van der Waals surface area contributed by atoms with Gasteiger partial charge in [0.1, 0.15) is 5.75 Å². The van der Waals surface area contributed by atoms with Crippen LogP contribution in [0.1, 0.15) is 39.0 Å². The summed E-state index contributed by atoms with van der Waals surface area (Å²) in [6, 6.07) is 4.75. The first-order valence-electron chi connectivity index (χ1n) is 6.39. The summed E-state index contributed by atoms with van der Waals surface area (Å²) in [5, 5.41) is 9.96. The van der Waals surface area contributed by atoms with E-state index in [-0.39, 0.29) is 0 Å². The van der Waals surface area contributed by atoms with Crippen LogP contribution in [0.3, 0.4) is 0 Å². The maximum atomic E-state index is 11.2. The van der Waals surface area contributed by atoms with Gasteiger partial charge in [-0.15, -0.1) is 0 Å². The van der Waals surface area contributed by atoms with E-state index in [1.807, 2.05) is 0 Å². The van der Waals surface area contributed by atoms with E-state index in [0.29, 0.717) is 22.2 Å². The fraction of sp³-hybridized carbons (Fsp3) is 0.500. The maximum absolute atomic E-state index is 11.2. The number of aliphatic carboxylic acids is 1. The lowest BCUT2D eigenvalue weighted by Crippen LogP contribution is -2.27. The fourth-order valence-corrected chi connectivity index (χ4v) is 2.17. The second kappa shape index (κ2) is 8.28. The summed E-state index contributed by atoms with van der Waals surface area (Å²) in [5.41, 5.74) is 0. The van der Waals surface area contributed by atoms with Gasteiger partial charge in [0.2, 0.25) is 0 Å². The zero-order valence-corrected chi connectivity index (χ0v) is 12.4. The van der Waals surface area contributed by atoms with Gasteiger partial charge in [-0.05, 0) is 31.0 Å². The molecule has 19 heavy (non-hydrogen) atoms. The molecule has 0 aliphatic heterocycles. The van der Waals surface area contributed by atoms with Crippen molar-refractivity contribution < 1.29 is 14.6 Å². The third-order valence-electron chi connectivity index (χ3n) is 2.76. The quantitative estimate of drug-likeness (QED) is 0.702. The van der Waals surface area contributed by atoms with Crippen LogP contribution in [0.4, 0.5) is 0 Å². The van der Waals surface area contributed by atoms with Gasteiger partial charge in [0.15, 0.2) is 6.10 Å². The van der Waals surface area contributed by atoms with Crippen molar-refractivity contribution in [3.63, 3.8) is 0 Å². The molecule has 0 amide bonds. The van der Waals surface area contributed by atoms with E-state index in [1.54, 1.807) is 12.1 Å². The van der Waals surface area contributed by atoms with Crippen molar-refractivity contribution in [2.75, 3.05) is 0 Å². The molecule has 1 atom stereocenters. The Balaban J connectivity index is 2.60. The number of rotatable bonds is 8. The number of unbranched alkanes of at least 4 members (excludes halogenated alkanes) is 3. The molecule has 3 nitrogen and oxygen atoms in total. The molecular formula is C14H18Cl2O3. The molecule has 1 N–H and O–H groups in total. The SMILES string of the molecule is CCCCCCC(Oc1ccc(Cl)cc1Cl)C(=O)O. The van der Waals surface area contributed by atoms with Crippen LogP contribution < -0.4 is 4.74 Å². The summed E-state index contributed by atoms with van der Waals surface area (Å²) < 4.78 is 5.45. The molecule has 0 aliphatic rings. The lowest BCUT2D eigenvalue weighted by molar-refractivity contribution is -0.145. The van der Waals surface area contributed by atoms with Crippen LogP contribution in [0.5, 0.6) is 5.75 Å². The van der Waals surface area contributed by atoms with E-state index in [9.17, 15) is 4.79 Å². The van der Waals surface area contributed by atoms with Crippen LogP contribution in [-0.4, -0.2) is 17.2 Å². The lowest BCUT2D eigenvalue weighted by Gasteiger charge is -2.16. The van der Waals surface area contributed by atoms with Gasteiger partial charge in [0.25, 0.3) is 0 Å². The van der Waals surface area contributed by atoms with Gasteiger partial charge in [0, 0.05) is 5.02 Å². The molecule has 0 saturated heterocycles. The van der Waals surface area contributed by atoms with Gasteiger partial charge in [-0.25, -0.2) is 4.79 Å². The zero-order chi connectivity index (χ0) is 14.3. The molecular weight excluding hydrogens is 287 g/mol. The highest BCUT2D eigenvalue weighted by molar-refractivity contribution is 6.35. The van der Waals surface area contributed by atoms with E-state index in [4.69, 9.17) is 33.0 Å². The molecule has 1 rings (SSSR count). The van der Waals surface area contributed by atoms with Crippen molar-refractivity contribution in [1.29, 1.82) is 0 Å². The fourth-order valence-electron chi connectivity index (χ4n) is 1.71. The Morgan fingerprint density at radius 2 is 2.05 bits per heavy atom. The Labute approximate surface area is 123 Å². The number of carbonyl (C=O) groups is 1. The van der Waals surface area contributed by atoms with Crippen LogP contribution >= 0.6 is 23.2 Å². The molecule has 0 radical (unpaired) electrons. The summed E-state index contributed by atoms with van der Waals surface area (Å²) in [5.74, 6) is -0.614. The molecule has 1 unspecified atom stereocenters. The highest BCUT2D eigenvalue weighted by Gasteiger charge is 2.20. The molecule has 0 aromatic heterocycles. The monoisotopic (exact) mass is 304 g/mol. The number of benzene rings is 1. The van der Waals surface area contributed by atoms with Crippen LogP contribution in [0, 0.1) is 0 Å². The summed E-state index contributed by atoms with van der Waals surface area (Å²) in [6.45, 7) is 2.11. The van der Waals surface area contributed by atoms with Crippen LogP contribution in [0.2, 0.25) is 10.0 Å². The Hall–Kier alpha value is -0.930. The largest absolute Gasteiger partial charge is 0.479 e. The highest BCUT2D eigenvalue weighted by atomic mass is 35.5. The van der Waals surface area contributed by atoms with Crippen molar-refractivity contribution in [1.82, 2.24) is 0 Å². The second-order valence-electron chi connectivity index (χ2n) is 4.37. The first-order chi connectivity index (χ1) is 9.04. The Morgan fingerprint density at radius 1 is 1.32 bits per heavy atom. The second-order valence-corrected chi connectivity index (χ2v) is 5.21. The molecule has 0 heterocycles. The summed E-state index contributed by atoms with van der Waals surface area (Å²) >= 11 is 11.7. The van der Waals surface area contributed by atoms with E-state index >= 15 is 0 Å². The minimum absolute atomic E-state index is 0.326. The number of ether oxygens (including phenoxy) is 1. The van der Waals surface area contributed by atoms with Crippen molar-refractivity contribution in [2.45, 2.75) is 45.1 Å². The number of hydrogen-bond acceptors (Lipinski definition) is 2. The van der Waals surface area contributed by atoms with Crippen molar-refractivity contribution in [2.24, 2.45) is 0 Å². The van der Waals surface area contributed by atoms with Crippen molar-refractivity contribution in [3.8, 4) is 5.75 Å². The lowest BCUT2D eigenvalue weighted by atomic mass is 10.1. The molecule has 0 aliphatic carbocycles. The summed E-state index contributed by atoms with van der Waals surface area (Å²) in [6.07, 6.45) is 3.67. The number of carboxylic acid groups (broad SMARTS) is 1. The number of halogens is 2. The zero-order valence-electron chi connectivity index (χ0n) is 10.9. The highest BCUT2D eigenvalue weighted by Crippen LogP contribution is 2.29. The molecule has 0 spiro atoms. The van der Waals surface area contributed by atoms with Gasteiger partial charge in [-0.3, -0.25) is 0 Å². The average Bonchev–Trinajstić information content (AvgIpc) is 2.35. The average molecular weight is 305 g/mol. The minimum Gasteiger partial charge on any atom is -0.479 e. The van der Waals surface area contributed by atoms with E-state index < -0.39 is 12.1 Å².